The summed E-state index contributed by atoms with van der Waals surface area (Å²) in [6.45, 7) is 0. The van der Waals surface area contributed by atoms with Crippen molar-refractivity contribution in [3.05, 3.63) is 11.6 Å². The van der Waals surface area contributed by atoms with Crippen LogP contribution in [0.15, 0.2) is 11.6 Å². The van der Waals surface area contributed by atoms with Gasteiger partial charge < -0.3 is 5.41 Å². The third-order valence-electron chi connectivity index (χ3n) is 5.88. The van der Waals surface area contributed by atoms with Gasteiger partial charge in [0.15, 0.2) is 5.41 Å². The van der Waals surface area contributed by atoms with Crippen LogP contribution in [-0.2, 0) is 0 Å². The molecular formula is C17H18N4. The maximum atomic E-state index is 9.80. The zero-order valence-electron chi connectivity index (χ0n) is 12.0. The van der Waals surface area contributed by atoms with E-state index >= 15 is 0 Å². The molecule has 1 spiro atoms. The summed E-state index contributed by atoms with van der Waals surface area (Å²) in [5, 5.41) is 37.6. The molecule has 2 atom stereocenters. The van der Waals surface area contributed by atoms with Crippen molar-refractivity contribution in [3.8, 4) is 18.2 Å². The van der Waals surface area contributed by atoms with Gasteiger partial charge in [0, 0.05) is 5.41 Å². The monoisotopic (exact) mass is 278 g/mol. The van der Waals surface area contributed by atoms with Gasteiger partial charge in [0.25, 0.3) is 0 Å². The molecule has 106 valence electrons. The van der Waals surface area contributed by atoms with E-state index in [1.54, 1.807) is 0 Å². The summed E-state index contributed by atoms with van der Waals surface area (Å²) >= 11 is 0. The molecule has 2 saturated carbocycles. The summed E-state index contributed by atoms with van der Waals surface area (Å²) in [6, 6.07) is 6.55. The number of nitriles is 3. The number of nitrogens with one attached hydrogen (secondary N) is 1. The minimum Gasteiger partial charge on any atom is -0.305 e. The maximum Gasteiger partial charge on any atom is 0.188 e. The van der Waals surface area contributed by atoms with Gasteiger partial charge in [-0.3, -0.25) is 0 Å². The molecule has 0 amide bonds. The highest BCUT2D eigenvalue weighted by atomic mass is 14.7. The number of allylic oxidation sites excluding steroid dienone is 2. The highest BCUT2D eigenvalue weighted by Crippen LogP contribution is 2.64. The second-order valence-corrected chi connectivity index (χ2v) is 6.50. The predicted octanol–water partition coefficient (Wildman–Crippen LogP) is 3.48. The molecule has 0 aromatic heterocycles. The van der Waals surface area contributed by atoms with Crippen LogP contribution in [0.25, 0.3) is 0 Å². The fourth-order valence-corrected chi connectivity index (χ4v) is 4.96. The van der Waals surface area contributed by atoms with Crippen molar-refractivity contribution in [1.29, 1.82) is 21.2 Å². The summed E-state index contributed by atoms with van der Waals surface area (Å²) in [4.78, 5) is 0. The van der Waals surface area contributed by atoms with Crippen LogP contribution in [0.5, 0.6) is 0 Å². The molecule has 4 nitrogen and oxygen atoms in total. The highest BCUT2D eigenvalue weighted by Gasteiger charge is 2.66. The molecule has 0 radical (unpaired) electrons. The van der Waals surface area contributed by atoms with Gasteiger partial charge in [-0.2, -0.15) is 15.8 Å². The lowest BCUT2D eigenvalue weighted by Crippen LogP contribution is -2.56. The van der Waals surface area contributed by atoms with Gasteiger partial charge in [-0.25, -0.2) is 0 Å². The molecular weight excluding hydrogens is 260 g/mol. The first-order chi connectivity index (χ1) is 10.2. The van der Waals surface area contributed by atoms with Gasteiger partial charge in [0.05, 0.1) is 23.9 Å². The Kier molecular flexibility index (Phi) is 3.11. The van der Waals surface area contributed by atoms with Crippen molar-refractivity contribution in [2.24, 2.45) is 22.7 Å². The molecule has 0 aromatic rings. The van der Waals surface area contributed by atoms with Gasteiger partial charge in [0.1, 0.15) is 5.92 Å². The molecule has 0 unspecified atom stereocenters. The first kappa shape index (κ1) is 13.8. The van der Waals surface area contributed by atoms with E-state index < -0.39 is 16.7 Å². The van der Waals surface area contributed by atoms with Crippen molar-refractivity contribution in [1.82, 2.24) is 0 Å². The van der Waals surface area contributed by atoms with E-state index in [2.05, 4.69) is 24.3 Å². The summed E-state index contributed by atoms with van der Waals surface area (Å²) < 4.78 is 0. The highest BCUT2D eigenvalue weighted by molar-refractivity contribution is 6.00. The zero-order valence-corrected chi connectivity index (χ0v) is 12.0. The normalized spacial score (nSPS) is 32.4. The Morgan fingerprint density at radius 3 is 2.33 bits per heavy atom. The van der Waals surface area contributed by atoms with Crippen molar-refractivity contribution < 1.29 is 0 Å². The fourth-order valence-electron chi connectivity index (χ4n) is 4.96. The second kappa shape index (κ2) is 4.71. The lowest BCUT2D eigenvalue weighted by Gasteiger charge is -2.53. The number of fused-ring (bicyclic) bond motifs is 2. The molecule has 0 saturated heterocycles. The molecule has 3 aliphatic carbocycles. The minimum atomic E-state index is -1.41. The molecule has 21 heavy (non-hydrogen) atoms. The van der Waals surface area contributed by atoms with Crippen molar-refractivity contribution in [3.63, 3.8) is 0 Å². The Bertz CT molecular complexity index is 617. The summed E-state index contributed by atoms with van der Waals surface area (Å²) in [7, 11) is 0. The predicted molar refractivity (Wildman–Crippen MR) is 76.8 cm³/mol. The van der Waals surface area contributed by atoms with Crippen LogP contribution in [-0.4, -0.2) is 5.71 Å². The number of nitrogens with zero attached hydrogens (tertiary/aromatic N) is 3. The molecule has 3 aliphatic rings. The smallest absolute Gasteiger partial charge is 0.188 e. The maximum absolute atomic E-state index is 9.80. The van der Waals surface area contributed by atoms with Crippen LogP contribution in [0, 0.1) is 62.1 Å². The standard InChI is InChI=1S/C17H18N4/c18-9-13-12-5-1-2-6-14(12)16(7-3-4-8-16)17(10-19,11-20)15(13)21/h5,13-14,21H,1-4,6-8H2/t13-,14+/m0/s1. The largest absolute Gasteiger partial charge is 0.305 e. The Balaban J connectivity index is 2.26. The van der Waals surface area contributed by atoms with Crippen molar-refractivity contribution >= 4 is 5.71 Å². The van der Waals surface area contributed by atoms with E-state index in [-0.39, 0.29) is 11.6 Å². The van der Waals surface area contributed by atoms with E-state index in [1.807, 2.05) is 0 Å². The molecule has 2 fully saturated rings. The van der Waals surface area contributed by atoms with E-state index in [0.717, 1.165) is 50.5 Å². The first-order valence-corrected chi connectivity index (χ1v) is 7.68. The molecule has 0 aromatic carbocycles. The molecule has 0 heterocycles. The van der Waals surface area contributed by atoms with Crippen LogP contribution in [0.2, 0.25) is 0 Å². The minimum absolute atomic E-state index is 0.0290. The summed E-state index contributed by atoms with van der Waals surface area (Å²) in [5.41, 5.74) is -0.797. The van der Waals surface area contributed by atoms with E-state index in [1.165, 1.54) is 0 Å². The van der Waals surface area contributed by atoms with E-state index in [9.17, 15) is 15.8 Å². The molecule has 0 bridgehead atoms. The van der Waals surface area contributed by atoms with Crippen LogP contribution in [0.1, 0.15) is 44.9 Å². The quantitative estimate of drug-likeness (QED) is 0.687. The number of hydrogen-bond donors (Lipinski definition) is 1. The zero-order chi connectivity index (χ0) is 15.1. The Labute approximate surface area is 125 Å². The van der Waals surface area contributed by atoms with E-state index in [0.29, 0.717) is 0 Å². The van der Waals surface area contributed by atoms with Crippen LogP contribution >= 0.6 is 0 Å². The average molecular weight is 278 g/mol. The number of hydrogen-bond acceptors (Lipinski definition) is 4. The second-order valence-electron chi connectivity index (χ2n) is 6.50. The average Bonchev–Trinajstić information content (AvgIpc) is 3.00. The molecule has 4 heteroatoms. The fraction of sp³-hybridized carbons (Fsp3) is 0.647. The lowest BCUT2D eigenvalue weighted by molar-refractivity contribution is 0.0941. The van der Waals surface area contributed by atoms with E-state index in [4.69, 9.17) is 5.41 Å². The van der Waals surface area contributed by atoms with Crippen LogP contribution < -0.4 is 0 Å². The SMILES string of the molecule is N#C[C@@H]1C(=N)C(C#N)(C#N)C2(CCCC2)[C@@H]2CCCC=C12. The lowest BCUT2D eigenvalue weighted by atomic mass is 9.46. The third-order valence-corrected chi connectivity index (χ3v) is 5.88. The van der Waals surface area contributed by atoms with Gasteiger partial charge in [0.2, 0.25) is 0 Å². The topological polar surface area (TPSA) is 95.2 Å². The van der Waals surface area contributed by atoms with Gasteiger partial charge in [-0.05, 0) is 43.6 Å². The Hall–Kier alpha value is -2.12. The van der Waals surface area contributed by atoms with Crippen LogP contribution in [0.4, 0.5) is 0 Å². The molecule has 1 N–H and O–H groups in total. The van der Waals surface area contributed by atoms with Crippen molar-refractivity contribution in [2.45, 2.75) is 44.9 Å². The van der Waals surface area contributed by atoms with Gasteiger partial charge >= 0.3 is 0 Å². The number of rotatable bonds is 0. The Morgan fingerprint density at radius 2 is 1.76 bits per heavy atom. The van der Waals surface area contributed by atoms with Crippen LogP contribution in [0.3, 0.4) is 0 Å². The van der Waals surface area contributed by atoms with Crippen molar-refractivity contribution in [2.75, 3.05) is 0 Å². The summed E-state index contributed by atoms with van der Waals surface area (Å²) in [6.07, 6.45) is 8.73. The first-order valence-electron chi connectivity index (χ1n) is 7.68. The Morgan fingerprint density at radius 1 is 1.10 bits per heavy atom. The molecule has 0 aliphatic heterocycles. The third kappa shape index (κ3) is 1.50. The van der Waals surface area contributed by atoms with Gasteiger partial charge in [-0.1, -0.05) is 18.9 Å². The molecule has 3 rings (SSSR count). The summed E-state index contributed by atoms with van der Waals surface area (Å²) in [5.74, 6) is -0.548. The van der Waals surface area contributed by atoms with Gasteiger partial charge in [-0.15, -0.1) is 0 Å².